The van der Waals surface area contributed by atoms with Crippen molar-refractivity contribution in [2.75, 3.05) is 25.0 Å². The maximum absolute atomic E-state index is 13.3. The van der Waals surface area contributed by atoms with Gasteiger partial charge in [0.25, 0.3) is 5.91 Å². The van der Waals surface area contributed by atoms with E-state index in [1.165, 1.54) is 6.92 Å². The monoisotopic (exact) mass is 446 g/mol. The molecule has 2 heterocycles. The van der Waals surface area contributed by atoms with E-state index in [1.54, 1.807) is 30.6 Å². The zero-order valence-corrected chi connectivity index (χ0v) is 17.5. The van der Waals surface area contributed by atoms with E-state index < -0.39 is 0 Å². The third-order valence-electron chi connectivity index (χ3n) is 4.67. The Labute approximate surface area is 172 Å². The van der Waals surface area contributed by atoms with Crippen molar-refractivity contribution in [1.29, 1.82) is 0 Å². The van der Waals surface area contributed by atoms with E-state index in [2.05, 4.69) is 31.2 Å². The number of nitrogens with zero attached hydrogens (tertiary/aromatic N) is 3. The van der Waals surface area contributed by atoms with E-state index in [0.29, 0.717) is 42.5 Å². The second kappa shape index (κ2) is 9.14. The van der Waals surface area contributed by atoms with E-state index in [4.69, 9.17) is 4.74 Å². The molecule has 1 fully saturated rings. The zero-order valence-electron chi connectivity index (χ0n) is 15.9. The van der Waals surface area contributed by atoms with Gasteiger partial charge in [0, 0.05) is 37.1 Å². The summed E-state index contributed by atoms with van der Waals surface area (Å²) in [6.45, 7) is 5.04. The minimum absolute atomic E-state index is 0.0233. The van der Waals surface area contributed by atoms with Crippen LogP contribution in [-0.2, 0) is 0 Å². The highest BCUT2D eigenvalue weighted by Crippen LogP contribution is 2.27. The Balaban J connectivity index is 1.77. The van der Waals surface area contributed by atoms with Gasteiger partial charge in [-0.1, -0.05) is 0 Å². The van der Waals surface area contributed by atoms with Gasteiger partial charge in [-0.3, -0.25) is 9.59 Å². The number of carbonyl (C=O) groups excluding carboxylic acids is 2. The van der Waals surface area contributed by atoms with E-state index in [0.717, 1.165) is 17.3 Å². The van der Waals surface area contributed by atoms with Gasteiger partial charge in [0.1, 0.15) is 5.75 Å². The highest BCUT2D eigenvalue weighted by Gasteiger charge is 2.31. The lowest BCUT2D eigenvalue weighted by Crippen LogP contribution is -2.40. The number of hydrogen-bond acceptors (Lipinski definition) is 6. The topological polar surface area (TPSA) is 84.4 Å². The summed E-state index contributed by atoms with van der Waals surface area (Å²) >= 11 is 3.31. The number of carbonyl (C=O) groups is 2. The molecule has 1 atom stereocenters. The van der Waals surface area contributed by atoms with Crippen LogP contribution in [0.3, 0.4) is 0 Å². The molecule has 1 amide bonds. The number of Topliss-reactive ketones (excluding diaryl/α,β-unsaturated/α-hetero) is 1. The fraction of sp³-hybridized carbons (Fsp3) is 0.400. The van der Waals surface area contributed by atoms with Crippen LogP contribution in [0, 0.1) is 0 Å². The van der Waals surface area contributed by atoms with Crippen LogP contribution in [0.25, 0.3) is 0 Å². The molecule has 0 bridgehead atoms. The predicted octanol–water partition coefficient (Wildman–Crippen LogP) is 3.56. The SMILES string of the molecule is CCOc1ccc(C(C)=O)cc1C(=O)N1CCC[C@H]1CNc1ncc(Br)cn1. The van der Waals surface area contributed by atoms with Crippen LogP contribution in [0.1, 0.15) is 47.4 Å². The Morgan fingerprint density at radius 3 is 2.75 bits per heavy atom. The lowest BCUT2D eigenvalue weighted by molar-refractivity contribution is 0.0739. The van der Waals surface area contributed by atoms with Crippen LogP contribution in [0.2, 0.25) is 0 Å². The largest absolute Gasteiger partial charge is 0.493 e. The molecule has 0 spiro atoms. The van der Waals surface area contributed by atoms with Gasteiger partial charge in [0.2, 0.25) is 5.95 Å². The van der Waals surface area contributed by atoms with Crippen LogP contribution in [-0.4, -0.2) is 52.3 Å². The first-order chi connectivity index (χ1) is 13.5. The normalized spacial score (nSPS) is 16.1. The molecule has 1 aliphatic rings. The van der Waals surface area contributed by atoms with Gasteiger partial charge in [-0.25, -0.2) is 9.97 Å². The number of halogens is 1. The van der Waals surface area contributed by atoms with Crippen molar-refractivity contribution in [2.24, 2.45) is 0 Å². The molecule has 3 rings (SSSR count). The molecule has 0 radical (unpaired) electrons. The highest BCUT2D eigenvalue weighted by atomic mass is 79.9. The molecule has 28 heavy (non-hydrogen) atoms. The van der Waals surface area contributed by atoms with Crippen LogP contribution >= 0.6 is 15.9 Å². The van der Waals surface area contributed by atoms with E-state index in [1.807, 2.05) is 11.8 Å². The number of ether oxygens (including phenoxy) is 1. The molecule has 1 aromatic carbocycles. The van der Waals surface area contributed by atoms with Gasteiger partial charge in [-0.15, -0.1) is 0 Å². The van der Waals surface area contributed by atoms with Gasteiger partial charge in [0.15, 0.2) is 5.78 Å². The van der Waals surface area contributed by atoms with Crippen LogP contribution < -0.4 is 10.1 Å². The van der Waals surface area contributed by atoms with E-state index in [9.17, 15) is 9.59 Å². The van der Waals surface area contributed by atoms with Gasteiger partial charge >= 0.3 is 0 Å². The zero-order chi connectivity index (χ0) is 20.1. The fourth-order valence-electron chi connectivity index (χ4n) is 3.28. The van der Waals surface area contributed by atoms with Crippen LogP contribution in [0.4, 0.5) is 5.95 Å². The van der Waals surface area contributed by atoms with Crippen molar-refractivity contribution < 1.29 is 14.3 Å². The minimum Gasteiger partial charge on any atom is -0.493 e. The molecule has 1 N–H and O–H groups in total. The summed E-state index contributed by atoms with van der Waals surface area (Å²) in [6, 6.07) is 5.05. The van der Waals surface area contributed by atoms with Gasteiger partial charge in [0.05, 0.1) is 16.6 Å². The summed E-state index contributed by atoms with van der Waals surface area (Å²) in [5, 5.41) is 3.20. The summed E-state index contributed by atoms with van der Waals surface area (Å²) < 4.78 is 6.44. The minimum atomic E-state index is -0.118. The first-order valence-electron chi connectivity index (χ1n) is 9.29. The maximum Gasteiger partial charge on any atom is 0.257 e. The smallest absolute Gasteiger partial charge is 0.257 e. The molecular weight excluding hydrogens is 424 g/mol. The van der Waals surface area contributed by atoms with Gasteiger partial charge in [-0.05, 0) is 60.8 Å². The molecule has 2 aromatic rings. The van der Waals surface area contributed by atoms with Gasteiger partial charge < -0.3 is 15.0 Å². The van der Waals surface area contributed by atoms with Crippen molar-refractivity contribution in [3.8, 4) is 5.75 Å². The molecular formula is C20H23BrN4O3. The van der Waals surface area contributed by atoms with Gasteiger partial charge in [-0.2, -0.15) is 0 Å². The molecule has 0 aliphatic carbocycles. The Bertz CT molecular complexity index is 857. The summed E-state index contributed by atoms with van der Waals surface area (Å²) in [5.74, 6) is 0.833. The second-order valence-electron chi connectivity index (χ2n) is 6.60. The lowest BCUT2D eigenvalue weighted by atomic mass is 10.1. The Morgan fingerprint density at radius 1 is 1.32 bits per heavy atom. The number of likely N-dealkylation sites (tertiary alicyclic amines) is 1. The molecule has 0 saturated carbocycles. The Hall–Kier alpha value is -2.48. The molecule has 1 aromatic heterocycles. The highest BCUT2D eigenvalue weighted by molar-refractivity contribution is 9.10. The first kappa shape index (κ1) is 20.3. The number of benzene rings is 1. The summed E-state index contributed by atoms with van der Waals surface area (Å²) in [4.78, 5) is 35.3. The third-order valence-corrected chi connectivity index (χ3v) is 5.08. The lowest BCUT2D eigenvalue weighted by Gasteiger charge is -2.26. The van der Waals surface area contributed by atoms with Crippen molar-refractivity contribution in [1.82, 2.24) is 14.9 Å². The number of aromatic nitrogens is 2. The van der Waals surface area contributed by atoms with Crippen molar-refractivity contribution >= 4 is 33.6 Å². The van der Waals surface area contributed by atoms with Crippen LogP contribution in [0.15, 0.2) is 35.1 Å². The quantitative estimate of drug-likeness (QED) is 0.654. The average molecular weight is 447 g/mol. The fourth-order valence-corrected chi connectivity index (χ4v) is 3.48. The molecule has 148 valence electrons. The Kier molecular flexibility index (Phi) is 6.61. The standard InChI is InChI=1S/C20H23BrN4O3/c1-3-28-18-7-6-14(13(2)26)9-17(18)19(27)25-8-4-5-16(25)12-24-20-22-10-15(21)11-23-20/h6-7,9-11,16H,3-5,8,12H2,1-2H3,(H,22,23,24)/t16-/m0/s1. The number of nitrogens with one attached hydrogen (secondary N) is 1. The van der Waals surface area contributed by atoms with E-state index in [-0.39, 0.29) is 17.7 Å². The van der Waals surface area contributed by atoms with Crippen LogP contribution in [0.5, 0.6) is 5.75 Å². The maximum atomic E-state index is 13.3. The predicted molar refractivity (Wildman–Crippen MR) is 110 cm³/mol. The number of ketones is 1. The van der Waals surface area contributed by atoms with Crippen molar-refractivity contribution in [3.63, 3.8) is 0 Å². The Morgan fingerprint density at radius 2 is 2.07 bits per heavy atom. The van der Waals surface area contributed by atoms with Crippen molar-refractivity contribution in [2.45, 2.75) is 32.7 Å². The molecule has 0 unspecified atom stereocenters. The molecule has 7 nitrogen and oxygen atoms in total. The molecule has 1 aliphatic heterocycles. The second-order valence-corrected chi connectivity index (χ2v) is 7.52. The number of anilines is 1. The number of amides is 1. The number of hydrogen-bond donors (Lipinski definition) is 1. The average Bonchev–Trinajstić information content (AvgIpc) is 3.16. The summed E-state index contributed by atoms with van der Waals surface area (Å²) in [5.41, 5.74) is 0.935. The van der Waals surface area contributed by atoms with E-state index >= 15 is 0 Å². The molecule has 1 saturated heterocycles. The number of rotatable bonds is 7. The summed E-state index contributed by atoms with van der Waals surface area (Å²) in [7, 11) is 0. The first-order valence-corrected chi connectivity index (χ1v) is 10.1. The third kappa shape index (κ3) is 4.67. The van der Waals surface area contributed by atoms with Crippen molar-refractivity contribution in [3.05, 3.63) is 46.2 Å². The summed E-state index contributed by atoms with van der Waals surface area (Å²) in [6.07, 6.45) is 5.17. The molecule has 8 heteroatoms.